The number of primary amides is 1. The number of thiophene rings is 1. The van der Waals surface area contributed by atoms with Crippen LogP contribution < -0.4 is 32.3 Å². The zero-order chi connectivity index (χ0) is 53.8. The lowest BCUT2D eigenvalue weighted by Crippen LogP contribution is -2.57. The first-order valence-electron chi connectivity index (χ1n) is 24.2. The first-order valence-corrected chi connectivity index (χ1v) is 25.0. The number of aliphatic carboxylic acids is 1. The van der Waals surface area contributed by atoms with Crippen LogP contribution in [0.15, 0.2) is 12.5 Å². The highest BCUT2D eigenvalue weighted by molar-refractivity contribution is 7.12. The fourth-order valence-corrected chi connectivity index (χ4v) is 9.29. The lowest BCUT2D eigenvalue weighted by molar-refractivity contribution is -0.148. The average Bonchev–Trinajstić information content (AvgIpc) is 3.95. The third-order valence-corrected chi connectivity index (χ3v) is 14.0. The molecule has 1 aliphatic rings. The molecule has 0 bridgehead atoms. The lowest BCUT2D eigenvalue weighted by Gasteiger charge is -2.31. The number of nitrogens with two attached hydrogens (primary N) is 1. The summed E-state index contributed by atoms with van der Waals surface area (Å²) in [7, 11) is 0. The number of carbonyl (C=O) groups excluding carboxylic acids is 8. The number of aromatic amines is 1. The van der Waals surface area contributed by atoms with E-state index in [1.807, 2.05) is 0 Å². The molecule has 3 atom stereocenters. The number of hydrogen-bond donors (Lipinski definition) is 9. The van der Waals surface area contributed by atoms with Crippen LogP contribution in [0.1, 0.15) is 125 Å². The quantitative estimate of drug-likeness (QED) is 0.0344. The number of nitrogens with one attached hydrogen (secondary N) is 6. The van der Waals surface area contributed by atoms with Crippen LogP contribution in [0.3, 0.4) is 0 Å². The molecule has 0 aliphatic heterocycles. The standard InChI is InChI=1S/C49H74N8O14S/c1-29(20-31-24-51-28-55-31)44(65)57-49(6,7)39(61)26-56-48(4,5)37(59)13-14-47(2,3)38(60)25-54-33(43(50)64)10-8-9-15-52-41(63)27-71-19-18-70-17-16-53-40(62)22-30-11-12-32-35(21-30)72-36(42(32)46(68)69)23-34(58)45(66)67/h24,28-30,33,54,56H,8-23,25-27H2,1-7H3,(H2,50,64)(H,51,55)(H,52,63)(H,53,62)(H,57,65)(H,66,67)(H,68,69)/t29-,30?,33-/m0/s1. The second-order valence-corrected chi connectivity index (χ2v) is 21.1. The van der Waals surface area contributed by atoms with Gasteiger partial charge >= 0.3 is 11.9 Å². The summed E-state index contributed by atoms with van der Waals surface area (Å²) >= 11 is 1.12. The number of ether oxygens (including phenoxy) is 2. The lowest BCUT2D eigenvalue weighted by atomic mass is 9.80. The predicted octanol–water partition coefficient (Wildman–Crippen LogP) is 1.40. The van der Waals surface area contributed by atoms with Gasteiger partial charge in [0, 0.05) is 65.3 Å². The molecular formula is C49H74N8O14S. The Morgan fingerprint density at radius 3 is 2.22 bits per heavy atom. The number of carbonyl (C=O) groups is 10. The minimum absolute atomic E-state index is 0.00524. The van der Waals surface area contributed by atoms with Gasteiger partial charge in [-0.05, 0) is 84.1 Å². The number of unbranched alkanes of at least 4 members (excludes halogenated alkanes) is 1. The Labute approximate surface area is 423 Å². The summed E-state index contributed by atoms with van der Waals surface area (Å²) in [5, 5.41) is 32.9. The summed E-state index contributed by atoms with van der Waals surface area (Å²) in [5.74, 6) is -6.55. The molecule has 3 rings (SSSR count). The molecule has 0 aromatic carbocycles. The second kappa shape index (κ2) is 28.5. The summed E-state index contributed by atoms with van der Waals surface area (Å²) in [6.07, 6.45) is 6.38. The molecule has 2 aromatic heterocycles. The summed E-state index contributed by atoms with van der Waals surface area (Å²) in [6, 6.07) is -0.793. The van der Waals surface area contributed by atoms with Gasteiger partial charge in [-0.3, -0.25) is 49.0 Å². The van der Waals surface area contributed by atoms with Crippen LogP contribution in [0.2, 0.25) is 0 Å². The maximum atomic E-state index is 13.3. The maximum absolute atomic E-state index is 13.3. The Kier molecular flexibility index (Phi) is 24.0. The molecule has 22 nitrogen and oxygen atoms in total. The summed E-state index contributed by atoms with van der Waals surface area (Å²) in [4.78, 5) is 132. The van der Waals surface area contributed by atoms with E-state index in [1.165, 1.54) is 6.33 Å². The van der Waals surface area contributed by atoms with Crippen molar-refractivity contribution in [3.05, 3.63) is 39.1 Å². The number of carboxylic acid groups (broad SMARTS) is 2. The topological polar surface area (TPSA) is 344 Å². The third-order valence-electron chi connectivity index (χ3n) is 12.7. The summed E-state index contributed by atoms with van der Waals surface area (Å²) in [6.45, 7) is 12.3. The number of aromatic nitrogens is 2. The minimum Gasteiger partial charge on any atom is -0.478 e. The largest absolute Gasteiger partial charge is 0.478 e. The molecule has 72 heavy (non-hydrogen) atoms. The van der Waals surface area contributed by atoms with Gasteiger partial charge in [-0.2, -0.15) is 0 Å². The molecule has 1 unspecified atom stereocenters. The number of nitrogens with zero attached hydrogens (tertiary/aromatic N) is 1. The predicted molar refractivity (Wildman–Crippen MR) is 264 cm³/mol. The van der Waals surface area contributed by atoms with Gasteiger partial charge in [0.15, 0.2) is 17.3 Å². The molecule has 2 heterocycles. The SMILES string of the molecule is C[C@@H](Cc1cnc[nH]1)C(=O)NC(C)(C)C(=O)CNC(C)(C)C(=O)CCC(C)(C)C(=O)CN[C@@H](CCCCNC(=O)COCCOCCNC(=O)CC1CCc2c(sc(CC(=O)C(=O)O)c2C(=O)O)C1)C(N)=O. The molecule has 0 spiro atoms. The number of aromatic carboxylic acids is 1. The van der Waals surface area contributed by atoms with Crippen molar-refractivity contribution >= 4 is 70.0 Å². The van der Waals surface area contributed by atoms with Crippen molar-refractivity contribution < 1.29 is 67.6 Å². The van der Waals surface area contributed by atoms with Gasteiger partial charge in [0.25, 0.3) is 0 Å². The normalized spacial score (nSPS) is 14.6. The van der Waals surface area contributed by atoms with Crippen molar-refractivity contribution in [1.29, 1.82) is 0 Å². The van der Waals surface area contributed by atoms with Crippen LogP contribution in [-0.4, -0.2) is 149 Å². The maximum Gasteiger partial charge on any atom is 0.372 e. The number of hydrogen-bond acceptors (Lipinski definition) is 16. The first-order chi connectivity index (χ1) is 33.7. The number of H-pyrrole nitrogens is 1. The highest BCUT2D eigenvalue weighted by Gasteiger charge is 2.36. The zero-order valence-corrected chi connectivity index (χ0v) is 43.4. The van der Waals surface area contributed by atoms with Crippen molar-refractivity contribution in [3.8, 4) is 0 Å². The molecule has 2 aromatic rings. The molecular weight excluding hydrogens is 957 g/mol. The molecule has 0 radical (unpaired) electrons. The Morgan fingerprint density at radius 1 is 0.875 bits per heavy atom. The van der Waals surface area contributed by atoms with E-state index in [2.05, 4.69) is 36.6 Å². The number of carboxylic acids is 2. The Morgan fingerprint density at radius 2 is 1.57 bits per heavy atom. The molecule has 0 fully saturated rings. The van der Waals surface area contributed by atoms with E-state index in [9.17, 15) is 53.1 Å². The van der Waals surface area contributed by atoms with Gasteiger partial charge in [-0.1, -0.05) is 20.8 Å². The van der Waals surface area contributed by atoms with Crippen molar-refractivity contribution in [2.24, 2.45) is 23.0 Å². The molecule has 0 saturated heterocycles. The van der Waals surface area contributed by atoms with Crippen LogP contribution in [0.4, 0.5) is 0 Å². The van der Waals surface area contributed by atoms with Crippen molar-refractivity contribution in [2.75, 3.05) is 52.6 Å². The highest BCUT2D eigenvalue weighted by Crippen LogP contribution is 2.38. The molecule has 10 N–H and O–H groups in total. The average molecular weight is 1030 g/mol. The summed E-state index contributed by atoms with van der Waals surface area (Å²) < 4.78 is 10.8. The number of amides is 4. The van der Waals surface area contributed by atoms with Crippen LogP contribution in [0.5, 0.6) is 0 Å². The number of ketones is 4. The minimum atomic E-state index is -1.62. The van der Waals surface area contributed by atoms with Gasteiger partial charge < -0.3 is 46.4 Å². The third kappa shape index (κ3) is 20.0. The van der Waals surface area contributed by atoms with E-state index < -0.39 is 58.5 Å². The first kappa shape index (κ1) is 60.6. The smallest absolute Gasteiger partial charge is 0.372 e. The van der Waals surface area contributed by atoms with E-state index in [0.717, 1.165) is 21.9 Å². The van der Waals surface area contributed by atoms with Gasteiger partial charge in [-0.15, -0.1) is 11.3 Å². The monoisotopic (exact) mass is 1030 g/mol. The second-order valence-electron chi connectivity index (χ2n) is 19.9. The Hall–Kier alpha value is -5.75. The van der Waals surface area contributed by atoms with Gasteiger partial charge in [0.2, 0.25) is 29.4 Å². The number of imidazole rings is 1. The number of fused-ring (bicyclic) bond motifs is 1. The van der Waals surface area contributed by atoms with Crippen LogP contribution >= 0.6 is 11.3 Å². The van der Waals surface area contributed by atoms with Crippen molar-refractivity contribution in [3.63, 3.8) is 0 Å². The van der Waals surface area contributed by atoms with Crippen LogP contribution in [0.25, 0.3) is 0 Å². The molecule has 4 amide bonds. The summed E-state index contributed by atoms with van der Waals surface area (Å²) in [5.41, 5.74) is 3.79. The highest BCUT2D eigenvalue weighted by atomic mass is 32.1. The molecule has 0 saturated carbocycles. The molecule has 23 heteroatoms. The van der Waals surface area contributed by atoms with Crippen molar-refractivity contribution in [2.45, 2.75) is 136 Å². The van der Waals surface area contributed by atoms with E-state index in [4.69, 9.17) is 20.3 Å². The van der Waals surface area contributed by atoms with Gasteiger partial charge in [0.1, 0.15) is 6.61 Å². The van der Waals surface area contributed by atoms with E-state index in [1.54, 1.807) is 54.7 Å². The van der Waals surface area contributed by atoms with Crippen LogP contribution in [-0.2, 0) is 78.3 Å². The van der Waals surface area contributed by atoms with Crippen molar-refractivity contribution in [1.82, 2.24) is 36.6 Å². The van der Waals surface area contributed by atoms with E-state index in [0.29, 0.717) is 57.1 Å². The zero-order valence-electron chi connectivity index (χ0n) is 42.5. The Balaban J connectivity index is 1.24. The van der Waals surface area contributed by atoms with Gasteiger partial charge in [0.05, 0.1) is 68.3 Å². The van der Waals surface area contributed by atoms with E-state index >= 15 is 0 Å². The van der Waals surface area contributed by atoms with Crippen LogP contribution in [0, 0.1) is 17.3 Å². The number of rotatable bonds is 36. The fraction of sp³-hybridized carbons (Fsp3) is 0.653. The van der Waals surface area contributed by atoms with E-state index in [-0.39, 0.29) is 117 Å². The Bertz CT molecular complexity index is 2240. The number of Topliss-reactive ketones (excluding diaryl/α,β-unsaturated/α-hetero) is 4. The molecule has 1 aliphatic carbocycles. The van der Waals surface area contributed by atoms with Gasteiger partial charge in [-0.25, -0.2) is 14.6 Å². The molecule has 400 valence electrons. The fourth-order valence-electron chi connectivity index (χ4n) is 7.83.